The average Bonchev–Trinajstić information content (AvgIpc) is 2.20. The molecular formula is C16H30O2Si. The van der Waals surface area contributed by atoms with Crippen molar-refractivity contribution in [3.63, 3.8) is 0 Å². The van der Waals surface area contributed by atoms with E-state index in [0.717, 1.165) is 12.0 Å². The number of hydrogen-bond donors (Lipinski definition) is 1. The van der Waals surface area contributed by atoms with E-state index in [9.17, 15) is 5.11 Å². The quantitative estimate of drug-likeness (QED) is 0.344. The lowest BCUT2D eigenvalue weighted by Crippen LogP contribution is -2.40. The lowest BCUT2D eigenvalue weighted by Gasteiger charge is -2.35. The molecule has 0 amide bonds. The van der Waals surface area contributed by atoms with Crippen LogP contribution in [0.4, 0.5) is 0 Å². The zero-order valence-electron chi connectivity index (χ0n) is 13.5. The summed E-state index contributed by atoms with van der Waals surface area (Å²) in [6, 6.07) is 0. The van der Waals surface area contributed by atoms with Crippen LogP contribution in [-0.4, -0.2) is 26.1 Å². The first-order valence-electron chi connectivity index (χ1n) is 6.98. The molecule has 19 heavy (non-hydrogen) atoms. The van der Waals surface area contributed by atoms with E-state index in [0.29, 0.717) is 19.4 Å². The third kappa shape index (κ3) is 8.25. The molecule has 0 aromatic rings. The molecule has 2 nitrogen and oxygen atoms in total. The van der Waals surface area contributed by atoms with E-state index in [1.807, 2.05) is 6.92 Å². The Morgan fingerprint density at radius 2 is 1.89 bits per heavy atom. The lowest BCUT2D eigenvalue weighted by atomic mass is 10.1. The summed E-state index contributed by atoms with van der Waals surface area (Å²) in [6.45, 7) is 17.6. The molecule has 0 aromatic heterocycles. The minimum atomic E-state index is -1.64. The van der Waals surface area contributed by atoms with Gasteiger partial charge in [-0.3, -0.25) is 0 Å². The van der Waals surface area contributed by atoms with Crippen molar-refractivity contribution in [1.29, 1.82) is 0 Å². The first-order valence-corrected chi connectivity index (χ1v) is 9.89. The maximum atomic E-state index is 9.62. The van der Waals surface area contributed by atoms with Crippen molar-refractivity contribution >= 4 is 8.32 Å². The summed E-state index contributed by atoms with van der Waals surface area (Å²) in [6.07, 6.45) is 1.51. The van der Waals surface area contributed by atoms with Crippen LogP contribution < -0.4 is 0 Å². The smallest absolute Gasteiger partial charge is 0.192 e. The molecule has 0 bridgehead atoms. The first kappa shape index (κ1) is 18.4. The van der Waals surface area contributed by atoms with Gasteiger partial charge in [0.25, 0.3) is 0 Å². The summed E-state index contributed by atoms with van der Waals surface area (Å²) < 4.78 is 6.03. The van der Waals surface area contributed by atoms with Gasteiger partial charge in [0.2, 0.25) is 0 Å². The summed E-state index contributed by atoms with van der Waals surface area (Å²) in [4.78, 5) is 0. The predicted octanol–water partition coefficient (Wildman–Crippen LogP) is 4.12. The maximum absolute atomic E-state index is 9.62. The van der Waals surface area contributed by atoms with Crippen molar-refractivity contribution in [2.75, 3.05) is 6.61 Å². The molecule has 0 aromatic carbocycles. The van der Waals surface area contributed by atoms with Crippen LogP contribution in [0.2, 0.25) is 18.1 Å². The van der Waals surface area contributed by atoms with Crippen molar-refractivity contribution in [2.24, 2.45) is 0 Å². The van der Waals surface area contributed by atoms with E-state index in [1.54, 1.807) is 0 Å². The van der Waals surface area contributed by atoms with Gasteiger partial charge in [0.05, 0.1) is 6.10 Å². The number of rotatable bonds is 6. The molecule has 0 rings (SSSR count). The Balaban J connectivity index is 3.91. The summed E-state index contributed by atoms with van der Waals surface area (Å²) in [5, 5.41) is 9.87. The van der Waals surface area contributed by atoms with E-state index in [-0.39, 0.29) is 11.1 Å². The van der Waals surface area contributed by atoms with Gasteiger partial charge >= 0.3 is 0 Å². The van der Waals surface area contributed by atoms with Gasteiger partial charge in [0.1, 0.15) is 0 Å². The van der Waals surface area contributed by atoms with Gasteiger partial charge in [0.15, 0.2) is 8.32 Å². The summed E-state index contributed by atoms with van der Waals surface area (Å²) in [7, 11) is -1.64. The highest BCUT2D eigenvalue weighted by Gasteiger charge is 2.36. The largest absolute Gasteiger partial charge is 0.416 e. The monoisotopic (exact) mass is 282 g/mol. The number of hydrogen-bond acceptors (Lipinski definition) is 2. The van der Waals surface area contributed by atoms with Gasteiger partial charge in [-0.1, -0.05) is 26.3 Å². The Kier molecular flexibility index (Phi) is 7.66. The van der Waals surface area contributed by atoms with Crippen LogP contribution in [0.1, 0.15) is 47.0 Å². The fourth-order valence-electron chi connectivity index (χ4n) is 1.33. The van der Waals surface area contributed by atoms with Crippen LogP contribution in [0.3, 0.4) is 0 Å². The zero-order valence-corrected chi connectivity index (χ0v) is 14.5. The van der Waals surface area contributed by atoms with Gasteiger partial charge in [-0.15, -0.1) is 18.4 Å². The van der Waals surface area contributed by atoms with E-state index in [4.69, 9.17) is 4.43 Å². The van der Waals surface area contributed by atoms with Gasteiger partial charge < -0.3 is 9.53 Å². The standard InChI is InChI=1S/C16H30O2Si/c1-14(2)13-15(17)11-9-8-10-12-18-19(6,7)16(3,4)5/h15,17H,1,10-13H2,2-7H3. The third-order valence-corrected chi connectivity index (χ3v) is 8.08. The van der Waals surface area contributed by atoms with E-state index < -0.39 is 8.32 Å². The Labute approximate surface area is 120 Å². The lowest BCUT2D eigenvalue weighted by molar-refractivity contribution is 0.180. The topological polar surface area (TPSA) is 29.5 Å². The molecule has 0 fully saturated rings. The molecule has 3 heteroatoms. The van der Waals surface area contributed by atoms with Crippen molar-refractivity contribution in [1.82, 2.24) is 0 Å². The van der Waals surface area contributed by atoms with Gasteiger partial charge in [-0.2, -0.15) is 0 Å². The second-order valence-corrected chi connectivity index (χ2v) is 11.5. The fourth-order valence-corrected chi connectivity index (χ4v) is 2.37. The zero-order chi connectivity index (χ0) is 15.1. The second kappa shape index (κ2) is 7.89. The average molecular weight is 282 g/mol. The number of aliphatic hydroxyl groups excluding tert-OH is 1. The fraction of sp³-hybridized carbons (Fsp3) is 0.750. The second-order valence-electron chi connectivity index (χ2n) is 6.73. The van der Waals surface area contributed by atoms with E-state index in [2.05, 4.69) is 52.3 Å². The molecule has 0 heterocycles. The highest BCUT2D eigenvalue weighted by Crippen LogP contribution is 2.36. The SMILES string of the molecule is C=C(C)CC(O)CC#CCCO[Si](C)(C)C(C)(C)C. The Morgan fingerprint density at radius 1 is 1.32 bits per heavy atom. The Hall–Kier alpha value is -0.563. The predicted molar refractivity (Wildman–Crippen MR) is 85.6 cm³/mol. The number of aliphatic hydroxyl groups is 1. The van der Waals surface area contributed by atoms with Gasteiger partial charge in [-0.25, -0.2) is 0 Å². The van der Waals surface area contributed by atoms with Crippen LogP contribution in [0.15, 0.2) is 12.2 Å². The molecular weight excluding hydrogens is 252 g/mol. The molecule has 0 aliphatic rings. The molecule has 1 atom stereocenters. The minimum absolute atomic E-state index is 0.248. The molecule has 0 spiro atoms. The highest BCUT2D eigenvalue weighted by molar-refractivity contribution is 6.74. The summed E-state index contributed by atoms with van der Waals surface area (Å²) in [5.74, 6) is 6.08. The van der Waals surface area contributed by atoms with Crippen LogP contribution in [0.5, 0.6) is 0 Å². The normalized spacial score (nSPS) is 13.6. The van der Waals surface area contributed by atoms with Crippen molar-refractivity contribution in [3.05, 3.63) is 12.2 Å². The third-order valence-electron chi connectivity index (χ3n) is 3.54. The minimum Gasteiger partial charge on any atom is -0.416 e. The molecule has 0 aliphatic heterocycles. The molecule has 0 saturated heterocycles. The van der Waals surface area contributed by atoms with E-state index in [1.165, 1.54) is 0 Å². The van der Waals surface area contributed by atoms with Gasteiger partial charge in [0, 0.05) is 19.4 Å². The molecule has 1 N–H and O–H groups in total. The van der Waals surface area contributed by atoms with Crippen molar-refractivity contribution < 1.29 is 9.53 Å². The highest BCUT2D eigenvalue weighted by atomic mass is 28.4. The molecule has 0 aliphatic carbocycles. The van der Waals surface area contributed by atoms with Crippen LogP contribution in [0.25, 0.3) is 0 Å². The molecule has 0 radical (unpaired) electrons. The molecule has 110 valence electrons. The summed E-state index contributed by atoms with van der Waals surface area (Å²) >= 11 is 0. The summed E-state index contributed by atoms with van der Waals surface area (Å²) in [5.41, 5.74) is 0.996. The molecule has 1 unspecified atom stereocenters. The Morgan fingerprint density at radius 3 is 2.37 bits per heavy atom. The Bertz CT molecular complexity index is 342. The van der Waals surface area contributed by atoms with Crippen LogP contribution in [-0.2, 0) is 4.43 Å². The van der Waals surface area contributed by atoms with Gasteiger partial charge in [-0.05, 0) is 31.5 Å². The van der Waals surface area contributed by atoms with Crippen LogP contribution >= 0.6 is 0 Å². The first-order chi connectivity index (χ1) is 8.56. The molecule has 0 saturated carbocycles. The van der Waals surface area contributed by atoms with Crippen molar-refractivity contribution in [3.8, 4) is 11.8 Å². The van der Waals surface area contributed by atoms with Crippen molar-refractivity contribution in [2.45, 2.75) is 71.2 Å². The van der Waals surface area contributed by atoms with Crippen LogP contribution in [0, 0.1) is 11.8 Å². The van der Waals surface area contributed by atoms with E-state index >= 15 is 0 Å². The maximum Gasteiger partial charge on any atom is 0.192 e.